The topological polar surface area (TPSA) is 54.7 Å². The Bertz CT molecular complexity index is 898. The lowest BCUT2D eigenvalue weighted by molar-refractivity contribution is 0.366. The summed E-state index contributed by atoms with van der Waals surface area (Å²) in [6.45, 7) is 4.69. The van der Waals surface area contributed by atoms with Crippen molar-refractivity contribution in [3.8, 4) is 0 Å². The summed E-state index contributed by atoms with van der Waals surface area (Å²) in [5.41, 5.74) is 2.42. The Morgan fingerprint density at radius 2 is 2.12 bits per heavy atom. The van der Waals surface area contributed by atoms with E-state index in [1.165, 1.54) is 16.5 Å². The quantitative estimate of drug-likeness (QED) is 0.859. The number of sulfonamides is 1. The highest BCUT2D eigenvalue weighted by Gasteiger charge is 2.33. The van der Waals surface area contributed by atoms with Gasteiger partial charge in [-0.1, -0.05) is 13.0 Å². The van der Waals surface area contributed by atoms with Crippen molar-refractivity contribution in [3.63, 3.8) is 0 Å². The van der Waals surface area contributed by atoms with Gasteiger partial charge in [-0.3, -0.25) is 0 Å². The number of aryl methyl sites for hydroxylation is 1. The van der Waals surface area contributed by atoms with Crippen LogP contribution in [0.5, 0.6) is 0 Å². The molecule has 0 spiro atoms. The summed E-state index contributed by atoms with van der Waals surface area (Å²) < 4.78 is 30.3. The predicted octanol–water partition coefficient (Wildman–Crippen LogP) is 2.97. The lowest BCUT2D eigenvalue weighted by Crippen LogP contribution is -2.46. The highest BCUT2D eigenvalue weighted by atomic mass is 32.2. The van der Waals surface area contributed by atoms with Crippen LogP contribution in [0.1, 0.15) is 37.7 Å². The van der Waals surface area contributed by atoms with E-state index >= 15 is 0 Å². The highest BCUT2D eigenvalue weighted by molar-refractivity contribution is 7.90. The molecule has 1 aromatic heterocycles. The molecule has 2 aliphatic rings. The zero-order valence-corrected chi connectivity index (χ0v) is 14.8. The van der Waals surface area contributed by atoms with Crippen molar-refractivity contribution in [1.82, 2.24) is 9.47 Å². The molecule has 1 unspecified atom stereocenters. The lowest BCUT2D eigenvalue weighted by atomic mass is 9.88. The zero-order chi connectivity index (χ0) is 16.7. The molecule has 1 saturated heterocycles. The van der Waals surface area contributed by atoms with Crippen molar-refractivity contribution in [3.05, 3.63) is 36.0 Å². The minimum Gasteiger partial charge on any atom is -0.358 e. The third-order valence-corrected chi connectivity index (χ3v) is 6.23. The first-order valence-corrected chi connectivity index (χ1v) is 10.3. The summed E-state index contributed by atoms with van der Waals surface area (Å²) in [5, 5.41) is 1.22. The third kappa shape index (κ3) is 2.73. The fourth-order valence-electron chi connectivity index (χ4n) is 3.90. The van der Waals surface area contributed by atoms with Gasteiger partial charge in [0.15, 0.2) is 0 Å². The fourth-order valence-corrected chi connectivity index (χ4v) is 4.97. The number of piperidine rings is 1. The molecule has 0 aliphatic carbocycles. The van der Waals surface area contributed by atoms with Crippen LogP contribution in [-0.2, 0) is 16.6 Å². The van der Waals surface area contributed by atoms with E-state index in [9.17, 15) is 8.42 Å². The van der Waals surface area contributed by atoms with Crippen molar-refractivity contribution >= 4 is 26.8 Å². The first-order chi connectivity index (χ1) is 11.6. The molecule has 1 fully saturated rings. The Morgan fingerprint density at radius 3 is 2.96 bits per heavy atom. The third-order valence-electron chi connectivity index (χ3n) is 5.07. The molecule has 0 saturated carbocycles. The number of benzene rings is 1. The van der Waals surface area contributed by atoms with E-state index < -0.39 is 10.0 Å². The molecule has 128 valence electrons. The van der Waals surface area contributed by atoms with Crippen LogP contribution < -0.4 is 0 Å². The number of amidine groups is 1. The van der Waals surface area contributed by atoms with E-state index in [4.69, 9.17) is 0 Å². The molecule has 0 N–H and O–H groups in total. The van der Waals surface area contributed by atoms with Gasteiger partial charge < -0.3 is 9.47 Å². The van der Waals surface area contributed by atoms with E-state index in [-0.39, 0.29) is 11.7 Å². The molecule has 0 amide bonds. The summed E-state index contributed by atoms with van der Waals surface area (Å²) in [7, 11) is -3.30. The summed E-state index contributed by atoms with van der Waals surface area (Å²) in [4.78, 5) is 2.15. The van der Waals surface area contributed by atoms with Crippen LogP contribution in [0.15, 0.2) is 34.9 Å². The molecule has 1 atom stereocenters. The van der Waals surface area contributed by atoms with Crippen molar-refractivity contribution in [2.24, 2.45) is 4.40 Å². The van der Waals surface area contributed by atoms with Gasteiger partial charge in [0.2, 0.25) is 0 Å². The maximum Gasteiger partial charge on any atom is 0.256 e. The van der Waals surface area contributed by atoms with Gasteiger partial charge in [0.25, 0.3) is 10.0 Å². The monoisotopic (exact) mass is 345 g/mol. The number of aromatic nitrogens is 1. The second kappa shape index (κ2) is 5.92. The second-order valence-corrected chi connectivity index (χ2v) is 8.50. The van der Waals surface area contributed by atoms with Crippen LogP contribution in [0.4, 0.5) is 0 Å². The first kappa shape index (κ1) is 15.7. The molecule has 3 heterocycles. The van der Waals surface area contributed by atoms with Gasteiger partial charge in [-0.05, 0) is 48.4 Å². The van der Waals surface area contributed by atoms with Crippen LogP contribution in [0.3, 0.4) is 0 Å². The average molecular weight is 345 g/mol. The van der Waals surface area contributed by atoms with Crippen molar-refractivity contribution in [2.75, 3.05) is 18.8 Å². The average Bonchev–Trinajstić information content (AvgIpc) is 2.96. The van der Waals surface area contributed by atoms with Crippen molar-refractivity contribution in [2.45, 2.75) is 38.6 Å². The van der Waals surface area contributed by atoms with Crippen LogP contribution in [0, 0.1) is 0 Å². The molecule has 0 radical (unpaired) electrons. The molecule has 2 aliphatic heterocycles. The molecule has 24 heavy (non-hydrogen) atoms. The van der Waals surface area contributed by atoms with Crippen LogP contribution in [0.25, 0.3) is 10.9 Å². The molecular formula is C18H23N3O2S. The van der Waals surface area contributed by atoms with E-state index in [1.807, 2.05) is 0 Å². The van der Waals surface area contributed by atoms with E-state index in [0.29, 0.717) is 6.54 Å². The standard InChI is InChI=1S/C18H23N3O2S/c1-2-8-20-10-7-15-13-14(5-6-17(15)20)16-4-3-9-21-11-12-24(22,23)19-18(16)21/h5-7,10,13,16H,2-4,8-9,11-12H2,1H3. The summed E-state index contributed by atoms with van der Waals surface area (Å²) in [6, 6.07) is 8.66. The molecule has 4 rings (SSSR count). The maximum atomic E-state index is 12.0. The van der Waals surface area contributed by atoms with E-state index in [1.54, 1.807) is 0 Å². The Kier molecular flexibility index (Phi) is 3.87. The molecule has 0 bridgehead atoms. The predicted molar refractivity (Wildman–Crippen MR) is 97.0 cm³/mol. The normalized spacial score (nSPS) is 23.1. The van der Waals surface area contributed by atoms with E-state index in [2.05, 4.69) is 51.3 Å². The number of rotatable bonds is 3. The Labute approximate surface area is 143 Å². The lowest BCUT2D eigenvalue weighted by Gasteiger charge is -2.37. The second-order valence-electron chi connectivity index (χ2n) is 6.74. The Morgan fingerprint density at radius 1 is 1.25 bits per heavy atom. The van der Waals surface area contributed by atoms with E-state index in [0.717, 1.165) is 38.2 Å². The maximum absolute atomic E-state index is 12.0. The Balaban J connectivity index is 1.74. The highest BCUT2D eigenvalue weighted by Crippen LogP contribution is 2.33. The first-order valence-electron chi connectivity index (χ1n) is 8.74. The van der Waals surface area contributed by atoms with Gasteiger partial charge >= 0.3 is 0 Å². The molecule has 5 nitrogen and oxygen atoms in total. The summed E-state index contributed by atoms with van der Waals surface area (Å²) in [6.07, 6.45) is 5.29. The number of fused-ring (bicyclic) bond motifs is 2. The van der Waals surface area contributed by atoms with Gasteiger partial charge in [0, 0.05) is 37.3 Å². The largest absolute Gasteiger partial charge is 0.358 e. The smallest absolute Gasteiger partial charge is 0.256 e. The SMILES string of the molecule is CCCn1ccc2cc(C3CCCN4CCS(=O)(=O)N=C34)ccc21. The van der Waals surface area contributed by atoms with Gasteiger partial charge in [-0.25, -0.2) is 8.42 Å². The van der Waals surface area contributed by atoms with Crippen molar-refractivity contribution < 1.29 is 8.42 Å². The molecule has 6 heteroatoms. The molecular weight excluding hydrogens is 322 g/mol. The zero-order valence-electron chi connectivity index (χ0n) is 14.0. The summed E-state index contributed by atoms with van der Waals surface area (Å²) in [5.74, 6) is 0.981. The number of nitrogens with zero attached hydrogens (tertiary/aromatic N) is 3. The number of hydrogen-bond acceptors (Lipinski definition) is 3. The van der Waals surface area contributed by atoms with Gasteiger partial charge in [-0.2, -0.15) is 0 Å². The Hall–Kier alpha value is -1.82. The van der Waals surface area contributed by atoms with Crippen molar-refractivity contribution in [1.29, 1.82) is 0 Å². The fraction of sp³-hybridized carbons (Fsp3) is 0.500. The minimum absolute atomic E-state index is 0.0905. The molecule has 1 aromatic carbocycles. The van der Waals surface area contributed by atoms with Gasteiger partial charge in [0.1, 0.15) is 5.84 Å². The van der Waals surface area contributed by atoms with Crippen LogP contribution >= 0.6 is 0 Å². The molecule has 2 aromatic rings. The number of hydrogen-bond donors (Lipinski definition) is 0. The minimum atomic E-state index is -3.30. The van der Waals surface area contributed by atoms with Crippen LogP contribution in [-0.4, -0.2) is 42.6 Å². The summed E-state index contributed by atoms with van der Waals surface area (Å²) >= 11 is 0. The van der Waals surface area contributed by atoms with Gasteiger partial charge in [0.05, 0.1) is 5.75 Å². The van der Waals surface area contributed by atoms with Gasteiger partial charge in [-0.15, -0.1) is 4.40 Å². The van der Waals surface area contributed by atoms with Crippen LogP contribution in [0.2, 0.25) is 0 Å².